The minimum absolute atomic E-state index is 0.00348. The molecule has 0 fully saturated rings. The number of benzene rings is 1. The van der Waals surface area contributed by atoms with Crippen molar-refractivity contribution in [1.82, 2.24) is 15.3 Å². The van der Waals surface area contributed by atoms with Crippen LogP contribution in [0.1, 0.15) is 12.6 Å². The topological polar surface area (TPSA) is 125 Å². The lowest BCUT2D eigenvalue weighted by molar-refractivity contribution is -0.258. The van der Waals surface area contributed by atoms with Crippen LogP contribution >= 0.6 is 11.3 Å². The van der Waals surface area contributed by atoms with Gasteiger partial charge < -0.3 is 20.5 Å². The van der Waals surface area contributed by atoms with E-state index in [1.807, 2.05) is 5.32 Å². The summed E-state index contributed by atoms with van der Waals surface area (Å²) in [5, 5.41) is 17.1. The van der Waals surface area contributed by atoms with Gasteiger partial charge >= 0.3 is 12.2 Å². The number of ether oxygens (including phenoxy) is 1. The van der Waals surface area contributed by atoms with Crippen LogP contribution in [0.2, 0.25) is 0 Å². The quantitative estimate of drug-likeness (QED) is 0.395. The van der Waals surface area contributed by atoms with E-state index in [4.69, 9.17) is 4.74 Å². The first-order valence-corrected chi connectivity index (χ1v) is 10.1. The highest BCUT2D eigenvalue weighted by molar-refractivity contribution is 7.22. The van der Waals surface area contributed by atoms with Crippen molar-refractivity contribution in [1.29, 1.82) is 0 Å². The summed E-state index contributed by atoms with van der Waals surface area (Å²) in [5.74, 6) is -2.58. The predicted octanol–water partition coefficient (Wildman–Crippen LogP) is 3.37. The molecule has 176 valence electrons. The zero-order chi connectivity index (χ0) is 24.4. The molecule has 14 heteroatoms. The molecular weight excluding hydrogens is 470 g/mol. The van der Waals surface area contributed by atoms with E-state index in [-0.39, 0.29) is 27.6 Å². The fourth-order valence-electron chi connectivity index (χ4n) is 2.75. The second-order valence-corrected chi connectivity index (χ2v) is 7.57. The van der Waals surface area contributed by atoms with E-state index in [9.17, 15) is 32.3 Å². The Morgan fingerprint density at radius 1 is 1.15 bits per heavy atom. The number of alkyl halides is 3. The number of carbonyl (C=O) groups excluding carboxylic acids is 2. The number of hydrogen-bond donors (Lipinski definition) is 4. The highest BCUT2D eigenvalue weighted by Crippen LogP contribution is 2.42. The molecule has 0 aliphatic carbocycles. The van der Waals surface area contributed by atoms with Gasteiger partial charge in [0.25, 0.3) is 11.5 Å². The van der Waals surface area contributed by atoms with E-state index in [0.717, 1.165) is 36.6 Å². The van der Waals surface area contributed by atoms with Gasteiger partial charge in [-0.1, -0.05) is 11.3 Å². The fraction of sp³-hybridized carbons (Fsp3) is 0.263. The number of carbonyl (C=O) groups is 2. The van der Waals surface area contributed by atoms with Gasteiger partial charge in [0.05, 0.1) is 17.5 Å². The second-order valence-electron chi connectivity index (χ2n) is 6.54. The number of halogens is 4. The number of rotatable bonds is 6. The van der Waals surface area contributed by atoms with Gasteiger partial charge in [-0.05, 0) is 37.3 Å². The van der Waals surface area contributed by atoms with E-state index < -0.39 is 41.1 Å². The Kier molecular flexibility index (Phi) is 6.69. The molecule has 0 saturated heterocycles. The third-order valence-corrected chi connectivity index (χ3v) is 5.23. The summed E-state index contributed by atoms with van der Waals surface area (Å²) in [6.45, 7) is 1.23. The van der Waals surface area contributed by atoms with Gasteiger partial charge in [0.15, 0.2) is 5.13 Å². The Bertz CT molecular complexity index is 1190. The van der Waals surface area contributed by atoms with Crippen molar-refractivity contribution in [2.24, 2.45) is 0 Å². The molecule has 0 saturated carbocycles. The van der Waals surface area contributed by atoms with Gasteiger partial charge in [0.2, 0.25) is 5.88 Å². The summed E-state index contributed by atoms with van der Waals surface area (Å²) in [7, 11) is 1.12. The van der Waals surface area contributed by atoms with Crippen LogP contribution in [0.15, 0.2) is 30.3 Å². The molecule has 3 rings (SSSR count). The van der Waals surface area contributed by atoms with Crippen LogP contribution in [0.4, 0.5) is 33.2 Å². The SMILES string of the molecule is CCNC(=O)C(O)(c1cc2sc(NC(=O)Nc3ccc(F)cc3)nc2c(OC)n1)C(F)(F)F. The molecule has 0 radical (unpaired) electrons. The van der Waals surface area contributed by atoms with Gasteiger partial charge in [-0.25, -0.2) is 19.2 Å². The first-order chi connectivity index (χ1) is 15.5. The van der Waals surface area contributed by atoms with Gasteiger partial charge in [-0.3, -0.25) is 10.1 Å². The van der Waals surface area contributed by atoms with E-state index >= 15 is 0 Å². The molecule has 33 heavy (non-hydrogen) atoms. The number of hydrogen-bond acceptors (Lipinski definition) is 7. The minimum Gasteiger partial charge on any atom is -0.479 e. The number of nitrogens with one attached hydrogen (secondary N) is 3. The highest BCUT2D eigenvalue weighted by Gasteiger charge is 2.62. The van der Waals surface area contributed by atoms with Crippen LogP contribution in [0.5, 0.6) is 5.88 Å². The molecule has 9 nitrogen and oxygen atoms in total. The Labute approximate surface area is 187 Å². The molecule has 0 bridgehead atoms. The van der Waals surface area contributed by atoms with Crippen LogP contribution in [0.3, 0.4) is 0 Å². The Balaban J connectivity index is 1.97. The van der Waals surface area contributed by atoms with Crippen LogP contribution in [0.25, 0.3) is 10.2 Å². The highest BCUT2D eigenvalue weighted by atomic mass is 32.1. The van der Waals surface area contributed by atoms with Gasteiger partial charge in [0, 0.05) is 12.2 Å². The standard InChI is InChI=1S/C19H17F4N5O4S/c1-3-24-15(29)18(31,19(21,22)23)12-8-11-13(14(26-12)32-2)27-17(33-11)28-16(30)25-10-6-4-9(20)5-7-10/h4-8,31H,3H2,1-2H3,(H,24,29)(H2,25,27,28,30). The van der Waals surface area contributed by atoms with Crippen LogP contribution in [-0.2, 0) is 10.4 Å². The van der Waals surface area contributed by atoms with Crippen molar-refractivity contribution in [3.63, 3.8) is 0 Å². The average molecular weight is 487 g/mol. The number of fused-ring (bicyclic) bond motifs is 1. The van der Waals surface area contributed by atoms with Crippen LogP contribution in [0, 0.1) is 5.82 Å². The third-order valence-electron chi connectivity index (χ3n) is 4.31. The maximum atomic E-state index is 13.7. The molecule has 2 heterocycles. The second kappa shape index (κ2) is 9.15. The third kappa shape index (κ3) is 4.80. The van der Waals surface area contributed by atoms with Crippen LogP contribution < -0.4 is 20.7 Å². The maximum absolute atomic E-state index is 13.7. The number of amides is 3. The number of aromatic nitrogens is 2. The summed E-state index contributed by atoms with van der Waals surface area (Å²) < 4.78 is 59.2. The molecule has 1 aromatic carbocycles. The molecular formula is C19H17F4N5O4S. The average Bonchev–Trinajstić information content (AvgIpc) is 3.15. The van der Waals surface area contributed by atoms with E-state index in [0.29, 0.717) is 0 Å². The molecule has 0 aliphatic rings. The summed E-state index contributed by atoms with van der Waals surface area (Å²) in [5.41, 5.74) is -4.67. The van der Waals surface area contributed by atoms with E-state index in [2.05, 4.69) is 20.6 Å². The monoisotopic (exact) mass is 487 g/mol. The number of methoxy groups -OCH3 is 1. The smallest absolute Gasteiger partial charge is 0.432 e. The Morgan fingerprint density at radius 2 is 1.82 bits per heavy atom. The van der Waals surface area contributed by atoms with Crippen molar-refractivity contribution in [2.45, 2.75) is 18.7 Å². The lowest BCUT2D eigenvalue weighted by atomic mass is 9.96. The number of thiazole rings is 1. The van der Waals surface area contributed by atoms with Crippen molar-refractivity contribution in [2.75, 3.05) is 24.3 Å². The molecule has 1 unspecified atom stereocenters. The number of urea groups is 1. The number of anilines is 2. The number of pyridine rings is 1. The molecule has 0 aliphatic heterocycles. The molecule has 2 aromatic heterocycles. The van der Waals surface area contributed by atoms with Gasteiger partial charge in [-0.2, -0.15) is 13.2 Å². The van der Waals surface area contributed by atoms with Gasteiger partial charge in [0.1, 0.15) is 11.3 Å². The Morgan fingerprint density at radius 3 is 2.39 bits per heavy atom. The van der Waals surface area contributed by atoms with Crippen molar-refractivity contribution < 1.29 is 37.0 Å². The first-order valence-electron chi connectivity index (χ1n) is 9.26. The molecule has 4 N–H and O–H groups in total. The van der Waals surface area contributed by atoms with Crippen molar-refractivity contribution in [3.8, 4) is 5.88 Å². The summed E-state index contributed by atoms with van der Waals surface area (Å²) in [4.78, 5) is 32.0. The zero-order valence-electron chi connectivity index (χ0n) is 17.1. The largest absolute Gasteiger partial charge is 0.479 e. The summed E-state index contributed by atoms with van der Waals surface area (Å²) in [6.07, 6.45) is -5.39. The fourth-order valence-corrected chi connectivity index (χ4v) is 3.64. The van der Waals surface area contributed by atoms with E-state index in [1.54, 1.807) is 0 Å². The van der Waals surface area contributed by atoms with Crippen molar-refractivity contribution >= 4 is 44.3 Å². The number of aliphatic hydroxyl groups is 1. The first kappa shape index (κ1) is 24.1. The zero-order valence-corrected chi connectivity index (χ0v) is 17.9. The lowest BCUT2D eigenvalue weighted by Gasteiger charge is -2.28. The minimum atomic E-state index is -5.39. The molecule has 0 spiro atoms. The molecule has 1 atom stereocenters. The molecule has 3 aromatic rings. The van der Waals surface area contributed by atoms with Gasteiger partial charge in [-0.15, -0.1) is 0 Å². The van der Waals surface area contributed by atoms with E-state index in [1.165, 1.54) is 19.1 Å². The Hall–Kier alpha value is -3.52. The normalized spacial score (nSPS) is 13.3. The summed E-state index contributed by atoms with van der Waals surface area (Å²) >= 11 is 0.761. The maximum Gasteiger partial charge on any atom is 0.432 e. The molecule has 3 amide bonds. The lowest BCUT2D eigenvalue weighted by Crippen LogP contribution is -2.54. The van der Waals surface area contributed by atoms with Crippen molar-refractivity contribution in [3.05, 3.63) is 41.8 Å². The summed E-state index contributed by atoms with van der Waals surface area (Å²) in [6, 6.07) is 5.03. The van der Waals surface area contributed by atoms with Crippen LogP contribution in [-0.4, -0.2) is 46.8 Å². The predicted molar refractivity (Wildman–Crippen MR) is 112 cm³/mol. The number of nitrogens with zero attached hydrogens (tertiary/aromatic N) is 2. The number of likely N-dealkylation sites (N-methyl/N-ethyl adjacent to an activating group) is 1.